The van der Waals surface area contributed by atoms with E-state index in [2.05, 4.69) is 10.1 Å². The molecule has 0 aromatic heterocycles. The molecule has 1 aromatic rings. The number of benzene rings is 1. The third-order valence-electron chi connectivity index (χ3n) is 2.02. The van der Waals surface area contributed by atoms with E-state index in [9.17, 15) is 17.6 Å². The quantitative estimate of drug-likeness (QED) is 0.812. The molecule has 6 heteroatoms. The maximum Gasteiger partial charge on any atom is 0.422 e. The van der Waals surface area contributed by atoms with E-state index in [0.717, 1.165) is 0 Å². The lowest BCUT2D eigenvalue weighted by atomic mass is 10.2. The Labute approximate surface area is 96.6 Å². The molecule has 0 heterocycles. The molecule has 0 amide bonds. The summed E-state index contributed by atoms with van der Waals surface area (Å²) in [6, 6.07) is 3.82. The predicted molar refractivity (Wildman–Crippen MR) is 55.3 cm³/mol. The van der Waals surface area contributed by atoms with Gasteiger partial charge in [0.1, 0.15) is 11.6 Å². The molecule has 1 rings (SSSR count). The highest BCUT2D eigenvalue weighted by Crippen LogP contribution is 2.24. The smallest absolute Gasteiger partial charge is 0.422 e. The molecule has 0 radical (unpaired) electrons. The van der Waals surface area contributed by atoms with Crippen molar-refractivity contribution in [2.45, 2.75) is 19.6 Å². The first-order valence-electron chi connectivity index (χ1n) is 5.11. The first-order valence-corrected chi connectivity index (χ1v) is 5.11. The molecule has 0 spiro atoms. The van der Waals surface area contributed by atoms with Crippen molar-refractivity contribution in [1.29, 1.82) is 0 Å². The molecule has 1 aromatic carbocycles. The Hall–Kier alpha value is -1.30. The number of alkyl halides is 3. The van der Waals surface area contributed by atoms with Crippen molar-refractivity contribution in [2.24, 2.45) is 0 Å². The van der Waals surface area contributed by atoms with Gasteiger partial charge in [-0.15, -0.1) is 0 Å². The fourth-order valence-electron chi connectivity index (χ4n) is 1.26. The van der Waals surface area contributed by atoms with Crippen molar-refractivity contribution < 1.29 is 22.3 Å². The third kappa shape index (κ3) is 4.60. The molecule has 2 nitrogen and oxygen atoms in total. The maximum atomic E-state index is 13.4. The molecule has 0 aliphatic carbocycles. The minimum Gasteiger partial charge on any atom is -0.484 e. The van der Waals surface area contributed by atoms with E-state index in [1.807, 2.05) is 6.92 Å². The number of hydrogen-bond acceptors (Lipinski definition) is 2. The van der Waals surface area contributed by atoms with Gasteiger partial charge in [-0.05, 0) is 18.7 Å². The Morgan fingerprint density at radius 3 is 2.59 bits per heavy atom. The summed E-state index contributed by atoms with van der Waals surface area (Å²) in [5, 5.41) is 2.84. The zero-order valence-corrected chi connectivity index (χ0v) is 9.27. The summed E-state index contributed by atoms with van der Waals surface area (Å²) in [6.07, 6.45) is -4.43. The standard InChI is InChI=1S/C11H13F4NO/c1-2-16-6-8-9(12)4-3-5-10(8)17-7-11(13,14)15/h3-5,16H,2,6-7H2,1H3. The number of hydrogen-bond donors (Lipinski definition) is 1. The van der Waals surface area contributed by atoms with Crippen LogP contribution in [-0.4, -0.2) is 19.3 Å². The molecule has 0 unspecified atom stereocenters. The van der Waals surface area contributed by atoms with Gasteiger partial charge in [0.15, 0.2) is 6.61 Å². The Kier molecular flexibility index (Phi) is 4.74. The number of nitrogens with one attached hydrogen (secondary N) is 1. The van der Waals surface area contributed by atoms with E-state index in [4.69, 9.17) is 0 Å². The number of rotatable bonds is 5. The van der Waals surface area contributed by atoms with Gasteiger partial charge in [0.05, 0.1) is 0 Å². The summed E-state index contributed by atoms with van der Waals surface area (Å²) in [6.45, 7) is 1.12. The normalized spacial score (nSPS) is 11.6. The van der Waals surface area contributed by atoms with Crippen molar-refractivity contribution in [1.82, 2.24) is 5.32 Å². The molecule has 0 aliphatic heterocycles. The zero-order valence-electron chi connectivity index (χ0n) is 9.27. The monoisotopic (exact) mass is 251 g/mol. The van der Waals surface area contributed by atoms with Crippen LogP contribution in [0.2, 0.25) is 0 Å². The van der Waals surface area contributed by atoms with Crippen LogP contribution in [0.1, 0.15) is 12.5 Å². The third-order valence-corrected chi connectivity index (χ3v) is 2.02. The van der Waals surface area contributed by atoms with Crippen LogP contribution >= 0.6 is 0 Å². The van der Waals surface area contributed by atoms with E-state index in [0.29, 0.717) is 6.54 Å². The minimum absolute atomic E-state index is 0.0803. The van der Waals surface area contributed by atoms with Crippen molar-refractivity contribution in [3.63, 3.8) is 0 Å². The van der Waals surface area contributed by atoms with Crippen molar-refractivity contribution in [3.05, 3.63) is 29.6 Å². The molecular formula is C11H13F4NO. The van der Waals surface area contributed by atoms with Crippen LogP contribution in [0.4, 0.5) is 17.6 Å². The molecule has 96 valence electrons. The van der Waals surface area contributed by atoms with Gasteiger partial charge in [0.2, 0.25) is 0 Å². The van der Waals surface area contributed by atoms with Gasteiger partial charge in [0, 0.05) is 12.1 Å². The van der Waals surface area contributed by atoms with E-state index >= 15 is 0 Å². The van der Waals surface area contributed by atoms with Gasteiger partial charge in [-0.1, -0.05) is 13.0 Å². The van der Waals surface area contributed by atoms with Gasteiger partial charge < -0.3 is 10.1 Å². The SMILES string of the molecule is CCNCc1c(F)cccc1OCC(F)(F)F. The Morgan fingerprint density at radius 1 is 1.29 bits per heavy atom. The Morgan fingerprint density at radius 2 is 2.00 bits per heavy atom. The van der Waals surface area contributed by atoms with Gasteiger partial charge >= 0.3 is 6.18 Å². The molecule has 1 N–H and O–H groups in total. The molecule has 0 saturated heterocycles. The second-order valence-electron chi connectivity index (χ2n) is 3.40. The summed E-state index contributed by atoms with van der Waals surface area (Å²) in [5.74, 6) is -0.658. The van der Waals surface area contributed by atoms with E-state index in [1.165, 1.54) is 18.2 Å². The second-order valence-corrected chi connectivity index (χ2v) is 3.40. The van der Waals surface area contributed by atoms with Crippen LogP contribution in [0.15, 0.2) is 18.2 Å². The van der Waals surface area contributed by atoms with Crippen molar-refractivity contribution in [2.75, 3.05) is 13.2 Å². The summed E-state index contributed by atoms with van der Waals surface area (Å²) >= 11 is 0. The van der Waals surface area contributed by atoms with Crippen LogP contribution in [0.5, 0.6) is 5.75 Å². The van der Waals surface area contributed by atoms with Crippen LogP contribution < -0.4 is 10.1 Å². The van der Waals surface area contributed by atoms with E-state index in [1.54, 1.807) is 0 Å². The lowest BCUT2D eigenvalue weighted by Crippen LogP contribution is -2.21. The number of ether oxygens (including phenoxy) is 1. The summed E-state index contributed by atoms with van der Waals surface area (Å²) < 4.78 is 53.9. The van der Waals surface area contributed by atoms with Gasteiger partial charge in [-0.2, -0.15) is 13.2 Å². The average molecular weight is 251 g/mol. The van der Waals surface area contributed by atoms with Crippen molar-refractivity contribution >= 4 is 0 Å². The molecule has 0 saturated carbocycles. The van der Waals surface area contributed by atoms with Gasteiger partial charge in [-0.3, -0.25) is 0 Å². The average Bonchev–Trinajstić information content (AvgIpc) is 2.24. The Balaban J connectivity index is 2.79. The number of halogens is 4. The van der Waals surface area contributed by atoms with Gasteiger partial charge in [-0.25, -0.2) is 4.39 Å². The lowest BCUT2D eigenvalue weighted by molar-refractivity contribution is -0.153. The molecule has 0 fully saturated rings. The summed E-state index contributed by atoms with van der Waals surface area (Å²) in [4.78, 5) is 0. The van der Waals surface area contributed by atoms with Crippen LogP contribution in [0.25, 0.3) is 0 Å². The highest BCUT2D eigenvalue weighted by Gasteiger charge is 2.29. The highest BCUT2D eigenvalue weighted by molar-refractivity contribution is 5.34. The minimum atomic E-state index is -4.43. The second kappa shape index (κ2) is 5.86. The highest BCUT2D eigenvalue weighted by atomic mass is 19.4. The van der Waals surface area contributed by atoms with E-state index in [-0.39, 0.29) is 17.9 Å². The zero-order chi connectivity index (χ0) is 12.9. The summed E-state index contributed by atoms with van der Waals surface area (Å²) in [7, 11) is 0. The first-order chi connectivity index (χ1) is 7.94. The molecule has 17 heavy (non-hydrogen) atoms. The van der Waals surface area contributed by atoms with Crippen LogP contribution in [0, 0.1) is 5.82 Å². The fraction of sp³-hybridized carbons (Fsp3) is 0.455. The molecular weight excluding hydrogens is 238 g/mol. The largest absolute Gasteiger partial charge is 0.484 e. The van der Waals surface area contributed by atoms with E-state index < -0.39 is 18.6 Å². The Bertz CT molecular complexity index is 365. The molecule has 0 bridgehead atoms. The topological polar surface area (TPSA) is 21.3 Å². The van der Waals surface area contributed by atoms with Crippen molar-refractivity contribution in [3.8, 4) is 5.75 Å². The fourth-order valence-corrected chi connectivity index (χ4v) is 1.26. The maximum absolute atomic E-state index is 13.4. The van der Waals surface area contributed by atoms with Crippen LogP contribution in [0.3, 0.4) is 0 Å². The van der Waals surface area contributed by atoms with Gasteiger partial charge in [0.25, 0.3) is 0 Å². The predicted octanol–water partition coefficient (Wildman–Crippen LogP) is 2.88. The lowest BCUT2D eigenvalue weighted by Gasteiger charge is -2.13. The molecule has 0 atom stereocenters. The summed E-state index contributed by atoms with van der Waals surface area (Å²) in [5.41, 5.74) is 0.110. The first kappa shape index (κ1) is 13.8. The van der Waals surface area contributed by atoms with Crippen LogP contribution in [-0.2, 0) is 6.54 Å². The molecule has 0 aliphatic rings.